The van der Waals surface area contributed by atoms with E-state index in [9.17, 15) is 0 Å². The van der Waals surface area contributed by atoms with Gasteiger partial charge in [-0.25, -0.2) is 0 Å². The summed E-state index contributed by atoms with van der Waals surface area (Å²) >= 11 is 6.14. The number of halogens is 1. The van der Waals surface area contributed by atoms with Gasteiger partial charge in [0.1, 0.15) is 0 Å². The van der Waals surface area contributed by atoms with Gasteiger partial charge < -0.3 is 5.32 Å². The largest absolute Gasteiger partial charge is 0.314 e. The first-order chi connectivity index (χ1) is 8.25. The Hall–Kier alpha value is -0.790. The Morgan fingerprint density at radius 3 is 2.88 bits per heavy atom. The lowest BCUT2D eigenvalue weighted by Gasteiger charge is -2.05. The molecule has 0 amide bonds. The van der Waals surface area contributed by atoms with Gasteiger partial charge in [-0.3, -0.25) is 0 Å². The fraction of sp³-hybridized carbons (Fsp3) is 0.467. The fourth-order valence-corrected chi connectivity index (χ4v) is 2.11. The summed E-state index contributed by atoms with van der Waals surface area (Å²) in [7, 11) is 0. The Balaban J connectivity index is 1.76. The lowest BCUT2D eigenvalue weighted by Crippen LogP contribution is -2.16. The van der Waals surface area contributed by atoms with Gasteiger partial charge in [0.15, 0.2) is 0 Å². The standard InChI is InChI=1S/C15H20ClN/c1-12(5-4-10-17-14-8-9-14)11-13-6-2-3-7-15(13)16/h2-3,5-7,14,17H,4,8-11H2,1H3. The van der Waals surface area contributed by atoms with Crippen molar-refractivity contribution in [2.75, 3.05) is 6.54 Å². The van der Waals surface area contributed by atoms with Gasteiger partial charge in [0, 0.05) is 11.1 Å². The molecule has 0 atom stereocenters. The number of rotatable bonds is 6. The van der Waals surface area contributed by atoms with Crippen LogP contribution in [0.2, 0.25) is 5.02 Å². The molecule has 0 unspecified atom stereocenters. The van der Waals surface area contributed by atoms with Crippen molar-refractivity contribution in [2.45, 2.75) is 38.6 Å². The third kappa shape index (κ3) is 4.53. The quantitative estimate of drug-likeness (QED) is 0.594. The molecular formula is C15H20ClN. The number of hydrogen-bond donors (Lipinski definition) is 1. The summed E-state index contributed by atoms with van der Waals surface area (Å²) in [5.74, 6) is 0. The Kier molecular flexibility index (Phi) is 4.64. The molecule has 0 radical (unpaired) electrons. The van der Waals surface area contributed by atoms with Crippen LogP contribution in [0.15, 0.2) is 35.9 Å². The maximum atomic E-state index is 6.14. The monoisotopic (exact) mass is 249 g/mol. The molecule has 1 aromatic rings. The average Bonchev–Trinajstić information content (AvgIpc) is 3.12. The van der Waals surface area contributed by atoms with Crippen LogP contribution in [0.25, 0.3) is 0 Å². The van der Waals surface area contributed by atoms with Crippen LogP contribution in [0.1, 0.15) is 31.7 Å². The van der Waals surface area contributed by atoms with Crippen molar-refractivity contribution < 1.29 is 0 Å². The second kappa shape index (κ2) is 6.23. The van der Waals surface area contributed by atoms with Crippen LogP contribution in [0.3, 0.4) is 0 Å². The first-order valence-electron chi connectivity index (χ1n) is 6.38. The summed E-state index contributed by atoms with van der Waals surface area (Å²) in [5, 5.41) is 4.39. The summed E-state index contributed by atoms with van der Waals surface area (Å²) in [4.78, 5) is 0. The molecule has 92 valence electrons. The average molecular weight is 250 g/mol. The smallest absolute Gasteiger partial charge is 0.0441 e. The highest BCUT2D eigenvalue weighted by Gasteiger charge is 2.19. The Labute approximate surface area is 109 Å². The number of benzene rings is 1. The molecule has 2 rings (SSSR count). The molecule has 0 spiro atoms. The molecule has 17 heavy (non-hydrogen) atoms. The van der Waals surface area contributed by atoms with Gasteiger partial charge in [0.25, 0.3) is 0 Å². The van der Waals surface area contributed by atoms with Crippen molar-refractivity contribution in [1.82, 2.24) is 5.32 Å². The zero-order chi connectivity index (χ0) is 12.1. The van der Waals surface area contributed by atoms with Crippen LogP contribution in [-0.4, -0.2) is 12.6 Å². The molecule has 1 fully saturated rings. The minimum Gasteiger partial charge on any atom is -0.314 e. The lowest BCUT2D eigenvalue weighted by atomic mass is 10.1. The molecule has 1 saturated carbocycles. The fourth-order valence-electron chi connectivity index (χ4n) is 1.91. The molecule has 0 saturated heterocycles. The van der Waals surface area contributed by atoms with Crippen molar-refractivity contribution in [2.24, 2.45) is 0 Å². The van der Waals surface area contributed by atoms with Crippen LogP contribution in [0.5, 0.6) is 0 Å². The van der Waals surface area contributed by atoms with Gasteiger partial charge in [0.05, 0.1) is 0 Å². The second-order valence-corrected chi connectivity index (χ2v) is 5.24. The van der Waals surface area contributed by atoms with E-state index in [0.717, 1.165) is 30.5 Å². The molecule has 1 aliphatic carbocycles. The Morgan fingerprint density at radius 2 is 2.18 bits per heavy atom. The second-order valence-electron chi connectivity index (χ2n) is 4.84. The summed E-state index contributed by atoms with van der Waals surface area (Å²) in [6, 6.07) is 8.89. The Bertz CT molecular complexity index is 394. The van der Waals surface area contributed by atoms with E-state index in [-0.39, 0.29) is 0 Å². The van der Waals surface area contributed by atoms with Gasteiger partial charge in [-0.05, 0) is 50.8 Å². The maximum Gasteiger partial charge on any atom is 0.0441 e. The van der Waals surface area contributed by atoms with Gasteiger partial charge >= 0.3 is 0 Å². The molecule has 1 N–H and O–H groups in total. The SMILES string of the molecule is CC(=CCCNC1CC1)Cc1ccccc1Cl. The third-order valence-corrected chi connectivity index (χ3v) is 3.44. The van der Waals surface area contributed by atoms with Crippen LogP contribution < -0.4 is 5.32 Å². The zero-order valence-electron chi connectivity index (χ0n) is 10.4. The van der Waals surface area contributed by atoms with E-state index >= 15 is 0 Å². The molecule has 0 heterocycles. The molecule has 0 bridgehead atoms. The molecule has 0 aromatic heterocycles. The first-order valence-corrected chi connectivity index (χ1v) is 6.76. The van der Waals surface area contributed by atoms with E-state index in [1.807, 2.05) is 18.2 Å². The molecule has 1 nitrogen and oxygen atoms in total. The van der Waals surface area contributed by atoms with E-state index in [1.54, 1.807) is 0 Å². The maximum absolute atomic E-state index is 6.14. The summed E-state index contributed by atoms with van der Waals surface area (Å²) in [6.45, 7) is 3.28. The normalized spacial score (nSPS) is 16.2. The van der Waals surface area contributed by atoms with E-state index in [2.05, 4.69) is 24.4 Å². The molecule has 1 aliphatic rings. The minimum atomic E-state index is 0.812. The van der Waals surface area contributed by atoms with E-state index in [1.165, 1.54) is 24.0 Å². The summed E-state index contributed by atoms with van der Waals surface area (Å²) < 4.78 is 0. The predicted octanol–water partition coefficient (Wildman–Crippen LogP) is 3.97. The topological polar surface area (TPSA) is 12.0 Å². The molecule has 2 heteroatoms. The number of nitrogens with one attached hydrogen (secondary N) is 1. The highest BCUT2D eigenvalue weighted by molar-refractivity contribution is 6.31. The van der Waals surface area contributed by atoms with Crippen LogP contribution >= 0.6 is 11.6 Å². The highest BCUT2D eigenvalue weighted by atomic mass is 35.5. The van der Waals surface area contributed by atoms with Crippen LogP contribution in [0.4, 0.5) is 0 Å². The zero-order valence-corrected chi connectivity index (χ0v) is 11.1. The molecule has 1 aromatic carbocycles. The molecular weight excluding hydrogens is 230 g/mol. The third-order valence-electron chi connectivity index (χ3n) is 3.07. The summed E-state index contributed by atoms with van der Waals surface area (Å²) in [5.41, 5.74) is 2.62. The lowest BCUT2D eigenvalue weighted by molar-refractivity contribution is 0.688. The van der Waals surface area contributed by atoms with Crippen LogP contribution in [0, 0.1) is 0 Å². The predicted molar refractivity (Wildman–Crippen MR) is 74.6 cm³/mol. The molecule has 0 aliphatic heterocycles. The minimum absolute atomic E-state index is 0.812. The van der Waals surface area contributed by atoms with Gasteiger partial charge in [-0.15, -0.1) is 0 Å². The first kappa shape index (κ1) is 12.7. The van der Waals surface area contributed by atoms with Crippen molar-refractivity contribution in [1.29, 1.82) is 0 Å². The Morgan fingerprint density at radius 1 is 1.41 bits per heavy atom. The van der Waals surface area contributed by atoms with Crippen molar-refractivity contribution in [3.05, 3.63) is 46.5 Å². The van der Waals surface area contributed by atoms with E-state index < -0.39 is 0 Å². The number of hydrogen-bond acceptors (Lipinski definition) is 1. The summed E-state index contributed by atoms with van der Waals surface area (Å²) in [6.07, 6.45) is 7.12. The van der Waals surface area contributed by atoms with Gasteiger partial charge in [-0.2, -0.15) is 0 Å². The van der Waals surface area contributed by atoms with Crippen LogP contribution in [-0.2, 0) is 6.42 Å². The van der Waals surface area contributed by atoms with E-state index in [0.29, 0.717) is 0 Å². The van der Waals surface area contributed by atoms with Crippen molar-refractivity contribution in [3.63, 3.8) is 0 Å². The van der Waals surface area contributed by atoms with Crippen molar-refractivity contribution in [3.8, 4) is 0 Å². The van der Waals surface area contributed by atoms with Gasteiger partial charge in [0.2, 0.25) is 0 Å². The van der Waals surface area contributed by atoms with Gasteiger partial charge in [-0.1, -0.05) is 41.4 Å². The highest BCUT2D eigenvalue weighted by Crippen LogP contribution is 2.19. The van der Waals surface area contributed by atoms with Crippen molar-refractivity contribution >= 4 is 11.6 Å². The number of allylic oxidation sites excluding steroid dienone is 1. The van der Waals surface area contributed by atoms with E-state index in [4.69, 9.17) is 11.6 Å².